The number of amides is 1. The zero-order valence-electron chi connectivity index (χ0n) is 14.1. The fourth-order valence-electron chi connectivity index (χ4n) is 2.63. The Hall–Kier alpha value is -2.90. The third-order valence-electron chi connectivity index (χ3n) is 3.80. The van der Waals surface area contributed by atoms with Crippen molar-refractivity contribution in [2.45, 2.75) is 20.4 Å². The Balaban J connectivity index is 2.36. The van der Waals surface area contributed by atoms with E-state index in [1.807, 2.05) is 6.92 Å². The highest BCUT2D eigenvalue weighted by Gasteiger charge is 2.26. The van der Waals surface area contributed by atoms with Crippen molar-refractivity contribution < 1.29 is 14.5 Å². The van der Waals surface area contributed by atoms with Crippen LogP contribution in [0.3, 0.4) is 0 Å². The lowest BCUT2D eigenvalue weighted by Crippen LogP contribution is -2.31. The minimum Gasteiger partial charge on any atom is -0.481 e. The number of aromatic nitrogens is 2. The molecule has 0 saturated heterocycles. The summed E-state index contributed by atoms with van der Waals surface area (Å²) in [6.45, 7) is 4.10. The molecule has 1 heterocycles. The Kier molecular flexibility index (Phi) is 5.18. The van der Waals surface area contributed by atoms with Crippen molar-refractivity contribution in [1.29, 1.82) is 0 Å². The van der Waals surface area contributed by atoms with Crippen molar-refractivity contribution in [3.8, 4) is 5.88 Å². The van der Waals surface area contributed by atoms with Gasteiger partial charge in [-0.3, -0.25) is 14.9 Å². The van der Waals surface area contributed by atoms with Crippen LogP contribution in [0, 0.1) is 17.0 Å². The molecule has 0 aliphatic heterocycles. The molecule has 0 saturated carbocycles. The number of nitrogens with zero attached hydrogens (tertiary/aromatic N) is 4. The maximum Gasteiger partial charge on any atom is 0.274 e. The van der Waals surface area contributed by atoms with Crippen LogP contribution in [-0.2, 0) is 13.6 Å². The molecule has 1 amide bonds. The van der Waals surface area contributed by atoms with Crippen LogP contribution < -0.4 is 4.74 Å². The minimum atomic E-state index is -0.441. The number of carbonyl (C=O) groups excluding carboxylic acids is 1. The first-order chi connectivity index (χ1) is 11.4. The van der Waals surface area contributed by atoms with Crippen molar-refractivity contribution in [3.63, 3.8) is 0 Å². The van der Waals surface area contributed by atoms with E-state index in [0.717, 1.165) is 0 Å². The van der Waals surface area contributed by atoms with E-state index in [-0.39, 0.29) is 18.1 Å². The highest BCUT2D eigenvalue weighted by molar-refractivity contribution is 5.97. The number of para-hydroxylation sites is 1. The van der Waals surface area contributed by atoms with E-state index in [1.54, 1.807) is 32.2 Å². The van der Waals surface area contributed by atoms with Crippen LogP contribution in [0.1, 0.15) is 28.5 Å². The van der Waals surface area contributed by atoms with Gasteiger partial charge in [0, 0.05) is 25.2 Å². The highest BCUT2D eigenvalue weighted by atomic mass is 16.6. The monoisotopic (exact) mass is 332 g/mol. The van der Waals surface area contributed by atoms with Crippen molar-refractivity contribution in [2.24, 2.45) is 7.05 Å². The third-order valence-corrected chi connectivity index (χ3v) is 3.80. The van der Waals surface area contributed by atoms with Gasteiger partial charge in [0.1, 0.15) is 5.56 Å². The second-order valence-corrected chi connectivity index (χ2v) is 5.30. The number of ether oxygens (including phenoxy) is 1. The average Bonchev–Trinajstić information content (AvgIpc) is 2.85. The lowest BCUT2D eigenvalue weighted by molar-refractivity contribution is -0.385. The first-order valence-electron chi connectivity index (χ1n) is 7.49. The zero-order valence-corrected chi connectivity index (χ0v) is 14.1. The zero-order chi connectivity index (χ0) is 17.9. The first-order valence-corrected chi connectivity index (χ1v) is 7.49. The second-order valence-electron chi connectivity index (χ2n) is 5.30. The largest absolute Gasteiger partial charge is 0.481 e. The molecule has 0 radical (unpaired) electrons. The molecule has 1 aromatic carbocycles. The third kappa shape index (κ3) is 3.22. The summed E-state index contributed by atoms with van der Waals surface area (Å²) in [7, 11) is 3.17. The molecular formula is C16H20N4O4. The summed E-state index contributed by atoms with van der Waals surface area (Å²) < 4.78 is 6.77. The Bertz CT molecular complexity index is 769. The number of hydrogen-bond acceptors (Lipinski definition) is 5. The van der Waals surface area contributed by atoms with Crippen LogP contribution in [0.5, 0.6) is 5.88 Å². The van der Waals surface area contributed by atoms with Crippen molar-refractivity contribution in [2.75, 3.05) is 13.7 Å². The van der Waals surface area contributed by atoms with E-state index in [4.69, 9.17) is 4.74 Å². The van der Waals surface area contributed by atoms with Crippen LogP contribution in [0.4, 0.5) is 5.69 Å². The van der Waals surface area contributed by atoms with Crippen LogP contribution in [-0.4, -0.2) is 39.2 Å². The fraction of sp³-hybridized carbons (Fsp3) is 0.375. The topological polar surface area (TPSA) is 90.5 Å². The summed E-state index contributed by atoms with van der Waals surface area (Å²) in [5, 5.41) is 15.4. The molecule has 8 heteroatoms. The van der Waals surface area contributed by atoms with E-state index in [0.29, 0.717) is 29.2 Å². The predicted molar refractivity (Wildman–Crippen MR) is 88.0 cm³/mol. The van der Waals surface area contributed by atoms with Crippen LogP contribution in [0.25, 0.3) is 0 Å². The summed E-state index contributed by atoms with van der Waals surface area (Å²) in [5.74, 6) is 0.108. The smallest absolute Gasteiger partial charge is 0.274 e. The fourth-order valence-corrected chi connectivity index (χ4v) is 2.63. The number of benzene rings is 1. The van der Waals surface area contributed by atoms with Crippen LogP contribution in [0.2, 0.25) is 0 Å². The first kappa shape index (κ1) is 17.5. The number of nitro groups is 1. The summed E-state index contributed by atoms with van der Waals surface area (Å²) in [4.78, 5) is 25.2. The van der Waals surface area contributed by atoms with Crippen LogP contribution >= 0.6 is 0 Å². The minimum absolute atomic E-state index is 0.00127. The summed E-state index contributed by atoms with van der Waals surface area (Å²) in [6, 6.07) is 6.41. The molecule has 0 N–H and O–H groups in total. The molecule has 2 rings (SSSR count). The summed E-state index contributed by atoms with van der Waals surface area (Å²) in [5.41, 5.74) is 1.41. The molecule has 128 valence electrons. The molecule has 0 aliphatic carbocycles. The van der Waals surface area contributed by atoms with E-state index in [2.05, 4.69) is 5.10 Å². The quantitative estimate of drug-likeness (QED) is 0.598. The SMILES string of the molecule is CCN(Cc1ccccc1[N+](=O)[O-])C(=O)c1c(C)nn(C)c1OC. The highest BCUT2D eigenvalue weighted by Crippen LogP contribution is 2.25. The van der Waals surface area contributed by atoms with Gasteiger partial charge in [-0.1, -0.05) is 18.2 Å². The van der Waals surface area contributed by atoms with Gasteiger partial charge < -0.3 is 9.64 Å². The van der Waals surface area contributed by atoms with Crippen molar-refractivity contribution >= 4 is 11.6 Å². The molecule has 0 spiro atoms. The number of nitro benzene ring substituents is 1. The maximum absolute atomic E-state index is 12.9. The van der Waals surface area contributed by atoms with E-state index >= 15 is 0 Å². The maximum atomic E-state index is 12.9. The van der Waals surface area contributed by atoms with E-state index in [1.165, 1.54) is 22.8 Å². The molecule has 0 atom stereocenters. The summed E-state index contributed by atoms with van der Waals surface area (Å²) >= 11 is 0. The standard InChI is InChI=1S/C16H20N4O4/c1-5-19(10-12-8-6-7-9-13(12)20(22)23)15(21)14-11(2)17-18(3)16(14)24-4/h6-9H,5,10H2,1-4H3. The van der Waals surface area contributed by atoms with Crippen molar-refractivity contribution in [1.82, 2.24) is 14.7 Å². The Morgan fingerprint density at radius 1 is 1.42 bits per heavy atom. The normalized spacial score (nSPS) is 10.5. The van der Waals surface area contributed by atoms with Crippen molar-refractivity contribution in [3.05, 3.63) is 51.2 Å². The Labute approximate surface area is 139 Å². The van der Waals surface area contributed by atoms with Gasteiger partial charge in [0.25, 0.3) is 11.6 Å². The molecule has 1 aromatic heterocycles. The lowest BCUT2D eigenvalue weighted by Gasteiger charge is -2.21. The number of aryl methyl sites for hydroxylation is 2. The van der Waals surface area contributed by atoms with Gasteiger partial charge in [-0.05, 0) is 13.8 Å². The van der Waals surface area contributed by atoms with Gasteiger partial charge in [0.2, 0.25) is 5.88 Å². The molecule has 0 unspecified atom stereocenters. The molecule has 0 aliphatic rings. The van der Waals surface area contributed by atoms with E-state index in [9.17, 15) is 14.9 Å². The van der Waals surface area contributed by atoms with E-state index < -0.39 is 4.92 Å². The van der Waals surface area contributed by atoms with Gasteiger partial charge in [-0.2, -0.15) is 5.10 Å². The second kappa shape index (κ2) is 7.12. The predicted octanol–water partition coefficient (Wildman–Crippen LogP) is 2.31. The molecule has 0 fully saturated rings. The number of rotatable bonds is 6. The average molecular weight is 332 g/mol. The van der Waals surface area contributed by atoms with Gasteiger partial charge in [-0.25, -0.2) is 4.68 Å². The van der Waals surface area contributed by atoms with Gasteiger partial charge in [-0.15, -0.1) is 0 Å². The lowest BCUT2D eigenvalue weighted by atomic mass is 10.1. The van der Waals surface area contributed by atoms with Gasteiger partial charge in [0.15, 0.2) is 0 Å². The molecule has 8 nitrogen and oxygen atoms in total. The Morgan fingerprint density at radius 3 is 2.67 bits per heavy atom. The van der Waals surface area contributed by atoms with Crippen LogP contribution in [0.15, 0.2) is 24.3 Å². The van der Waals surface area contributed by atoms with Gasteiger partial charge >= 0.3 is 0 Å². The number of carbonyl (C=O) groups is 1. The number of hydrogen-bond donors (Lipinski definition) is 0. The molecule has 2 aromatic rings. The molecular weight excluding hydrogens is 312 g/mol. The van der Waals surface area contributed by atoms with Gasteiger partial charge in [0.05, 0.1) is 24.3 Å². The molecule has 24 heavy (non-hydrogen) atoms. The Morgan fingerprint density at radius 2 is 2.08 bits per heavy atom. The summed E-state index contributed by atoms with van der Waals surface area (Å²) in [6.07, 6.45) is 0. The molecule has 0 bridgehead atoms. The number of methoxy groups -OCH3 is 1.